The third-order valence-electron chi connectivity index (χ3n) is 8.18. The Hall–Kier alpha value is -4.48. The van der Waals surface area contributed by atoms with Crippen LogP contribution in [0.3, 0.4) is 0 Å². The van der Waals surface area contributed by atoms with Gasteiger partial charge in [-0.25, -0.2) is 9.69 Å². The third kappa shape index (κ3) is 4.37. The van der Waals surface area contributed by atoms with Gasteiger partial charge in [0.25, 0.3) is 11.6 Å². The van der Waals surface area contributed by atoms with E-state index >= 15 is 0 Å². The molecule has 0 radical (unpaired) electrons. The number of halogens is 1. The van der Waals surface area contributed by atoms with Crippen molar-refractivity contribution >= 4 is 46.5 Å². The zero-order valence-electron chi connectivity index (χ0n) is 22.1. The average molecular weight is 576 g/mol. The third-order valence-corrected chi connectivity index (χ3v) is 8.55. The Morgan fingerprint density at radius 3 is 2.54 bits per heavy atom. The summed E-state index contributed by atoms with van der Waals surface area (Å²) in [6.45, 7) is 1.89. The highest BCUT2D eigenvalue weighted by atomic mass is 35.5. The Kier molecular flexibility index (Phi) is 6.63. The van der Waals surface area contributed by atoms with Crippen LogP contribution in [0.4, 0.5) is 21.9 Å². The number of nitrogens with one attached hydrogen (secondary N) is 1. The molecule has 3 aromatic rings. The summed E-state index contributed by atoms with van der Waals surface area (Å²) in [6, 6.07) is 16.9. The summed E-state index contributed by atoms with van der Waals surface area (Å²) >= 11 is 6.44. The molecule has 1 spiro atoms. The smallest absolute Gasteiger partial charge is 0.335 e. The van der Waals surface area contributed by atoms with Gasteiger partial charge in [-0.15, -0.1) is 0 Å². The van der Waals surface area contributed by atoms with Crippen molar-refractivity contribution < 1.29 is 24.0 Å². The number of fused-ring (bicyclic) bond motifs is 4. The molecule has 6 rings (SSSR count). The molecular weight excluding hydrogens is 550 g/mol. The minimum absolute atomic E-state index is 0.101. The number of benzene rings is 3. The number of non-ortho nitro benzene ring substituents is 1. The SMILES string of the molecule is COc1ccc(N2C(=O)NC(=O)[C@@]3(Cc4cc([N+](=O)[O-])ccc4N4CCN(Cc5ccccc5Cl)C[C@@H]43)C2=O)cc1. The average Bonchev–Trinajstić information content (AvgIpc) is 2.97. The Balaban J connectivity index is 1.45. The summed E-state index contributed by atoms with van der Waals surface area (Å²) in [7, 11) is 1.51. The van der Waals surface area contributed by atoms with Crippen molar-refractivity contribution in [3.8, 4) is 5.75 Å². The second-order valence-electron chi connectivity index (χ2n) is 10.4. The van der Waals surface area contributed by atoms with Crippen molar-refractivity contribution in [2.75, 3.05) is 36.5 Å². The van der Waals surface area contributed by atoms with E-state index in [1.54, 1.807) is 30.3 Å². The number of barbiturate groups is 1. The lowest BCUT2D eigenvalue weighted by atomic mass is 9.67. The van der Waals surface area contributed by atoms with Gasteiger partial charge in [0, 0.05) is 55.4 Å². The number of carbonyl (C=O) groups is 3. The molecule has 0 unspecified atom stereocenters. The number of imide groups is 2. The number of piperazine rings is 1. The van der Waals surface area contributed by atoms with Crippen LogP contribution in [0.25, 0.3) is 0 Å². The summed E-state index contributed by atoms with van der Waals surface area (Å²) in [6.07, 6.45) is -0.101. The lowest BCUT2D eigenvalue weighted by molar-refractivity contribution is -0.384. The largest absolute Gasteiger partial charge is 0.497 e. The molecule has 41 heavy (non-hydrogen) atoms. The molecule has 3 aromatic carbocycles. The number of hydrogen-bond donors (Lipinski definition) is 1. The maximum Gasteiger partial charge on any atom is 0.335 e. The molecule has 0 bridgehead atoms. The van der Waals surface area contributed by atoms with Gasteiger partial charge in [-0.2, -0.15) is 0 Å². The predicted octanol–water partition coefficient (Wildman–Crippen LogP) is 3.77. The fourth-order valence-corrected chi connectivity index (χ4v) is 6.35. The van der Waals surface area contributed by atoms with E-state index in [1.165, 1.54) is 19.2 Å². The highest BCUT2D eigenvalue weighted by molar-refractivity contribution is 6.31. The van der Waals surface area contributed by atoms with Crippen LogP contribution in [0.1, 0.15) is 11.1 Å². The molecule has 4 amide bonds. The van der Waals surface area contributed by atoms with Gasteiger partial charge in [0.05, 0.1) is 23.8 Å². The van der Waals surface area contributed by atoms with Crippen LogP contribution in [0.15, 0.2) is 66.7 Å². The van der Waals surface area contributed by atoms with Crippen molar-refractivity contribution in [1.29, 1.82) is 0 Å². The summed E-state index contributed by atoms with van der Waals surface area (Å²) in [5, 5.41) is 14.6. The van der Waals surface area contributed by atoms with Crippen LogP contribution >= 0.6 is 11.6 Å². The van der Waals surface area contributed by atoms with E-state index in [9.17, 15) is 24.5 Å². The van der Waals surface area contributed by atoms with Gasteiger partial charge in [-0.1, -0.05) is 29.8 Å². The van der Waals surface area contributed by atoms with Crippen LogP contribution in [0, 0.1) is 15.5 Å². The number of methoxy groups -OCH3 is 1. The van der Waals surface area contributed by atoms with E-state index in [4.69, 9.17) is 16.3 Å². The van der Waals surface area contributed by atoms with Crippen molar-refractivity contribution in [1.82, 2.24) is 10.2 Å². The molecule has 3 aliphatic rings. The maximum absolute atomic E-state index is 14.5. The van der Waals surface area contributed by atoms with E-state index in [0.717, 1.165) is 16.2 Å². The molecule has 12 heteroatoms. The van der Waals surface area contributed by atoms with Crippen molar-refractivity contribution in [3.63, 3.8) is 0 Å². The van der Waals surface area contributed by atoms with Crippen molar-refractivity contribution in [2.45, 2.75) is 19.0 Å². The van der Waals surface area contributed by atoms with Gasteiger partial charge < -0.3 is 9.64 Å². The molecule has 3 aliphatic heterocycles. The summed E-state index contributed by atoms with van der Waals surface area (Å²) in [5.74, 6) is -0.857. The number of hydrogen-bond acceptors (Lipinski definition) is 8. The molecule has 0 aromatic heterocycles. The number of anilines is 2. The molecule has 2 fully saturated rings. The fourth-order valence-electron chi connectivity index (χ4n) is 6.16. The van der Waals surface area contributed by atoms with E-state index in [1.807, 2.05) is 29.2 Å². The normalized spacial score (nSPS) is 22.3. The molecule has 0 saturated carbocycles. The highest BCUT2D eigenvalue weighted by Crippen LogP contribution is 2.47. The minimum Gasteiger partial charge on any atom is -0.497 e. The lowest BCUT2D eigenvalue weighted by Crippen LogP contribution is -2.75. The lowest BCUT2D eigenvalue weighted by Gasteiger charge is -2.55. The van der Waals surface area contributed by atoms with Gasteiger partial charge in [-0.05, 0) is 47.5 Å². The zero-order chi connectivity index (χ0) is 28.9. The first-order valence-corrected chi connectivity index (χ1v) is 13.4. The fraction of sp³-hybridized carbons (Fsp3) is 0.276. The summed E-state index contributed by atoms with van der Waals surface area (Å²) in [4.78, 5) is 57.7. The number of ether oxygens (including phenoxy) is 1. The van der Waals surface area contributed by atoms with Gasteiger partial charge in [0.2, 0.25) is 5.91 Å². The topological polar surface area (TPSA) is 125 Å². The standard InChI is InChI=1S/C29H26ClN5O6/c1-41-22-9-6-20(7-10-22)34-27(37)29(26(36)31-28(34)38)15-19-14-21(35(39)40)8-11-24(19)33-13-12-32(17-25(29)33)16-18-4-2-3-5-23(18)30/h2-11,14,25H,12-13,15-17H2,1H3,(H,31,36,38)/t25-,29+/m1/s1. The Morgan fingerprint density at radius 1 is 1.07 bits per heavy atom. The Morgan fingerprint density at radius 2 is 1.83 bits per heavy atom. The van der Waals surface area contributed by atoms with Gasteiger partial charge in [0.15, 0.2) is 5.41 Å². The van der Waals surface area contributed by atoms with Crippen LogP contribution < -0.4 is 19.9 Å². The highest BCUT2D eigenvalue weighted by Gasteiger charge is 2.63. The molecule has 11 nitrogen and oxygen atoms in total. The zero-order valence-corrected chi connectivity index (χ0v) is 22.8. The number of nitrogens with zero attached hydrogens (tertiary/aromatic N) is 4. The van der Waals surface area contributed by atoms with Crippen molar-refractivity contribution in [3.05, 3.63) is 93.0 Å². The Labute approximate surface area is 240 Å². The maximum atomic E-state index is 14.5. The molecule has 2 saturated heterocycles. The first-order chi connectivity index (χ1) is 19.7. The molecule has 210 valence electrons. The molecule has 3 heterocycles. The Bertz CT molecular complexity index is 1580. The van der Waals surface area contributed by atoms with Crippen molar-refractivity contribution in [2.24, 2.45) is 5.41 Å². The number of carbonyl (C=O) groups excluding carboxylic acids is 3. The van der Waals surface area contributed by atoms with Crippen LogP contribution in [-0.4, -0.2) is 60.5 Å². The van der Waals surface area contributed by atoms with E-state index < -0.39 is 34.2 Å². The minimum atomic E-state index is -1.73. The van der Waals surface area contributed by atoms with Crippen LogP contribution in [-0.2, 0) is 22.6 Å². The molecule has 1 N–H and O–H groups in total. The first-order valence-electron chi connectivity index (χ1n) is 13.1. The van der Waals surface area contributed by atoms with Crippen LogP contribution in [0.2, 0.25) is 5.02 Å². The molecule has 2 atom stereocenters. The number of amides is 4. The summed E-state index contributed by atoms with van der Waals surface area (Å²) < 4.78 is 5.21. The van der Waals surface area contributed by atoms with E-state index in [2.05, 4.69) is 10.2 Å². The van der Waals surface area contributed by atoms with Crippen LogP contribution in [0.5, 0.6) is 5.75 Å². The number of nitro groups is 1. The molecule has 0 aliphatic carbocycles. The first kappa shape index (κ1) is 26.7. The summed E-state index contributed by atoms with van der Waals surface area (Å²) in [5.41, 5.74) is 0.564. The predicted molar refractivity (Wildman–Crippen MR) is 151 cm³/mol. The number of nitro benzene ring substituents is 1. The van der Waals surface area contributed by atoms with Gasteiger partial charge in [0.1, 0.15) is 5.75 Å². The van der Waals surface area contributed by atoms with Gasteiger partial charge in [-0.3, -0.25) is 29.9 Å². The monoisotopic (exact) mass is 575 g/mol. The number of urea groups is 1. The molecular formula is C29H26ClN5O6. The quantitative estimate of drug-likeness (QED) is 0.277. The van der Waals surface area contributed by atoms with Gasteiger partial charge >= 0.3 is 6.03 Å². The van der Waals surface area contributed by atoms with E-state index in [-0.39, 0.29) is 17.8 Å². The second-order valence-corrected chi connectivity index (χ2v) is 10.8. The van der Waals surface area contributed by atoms with E-state index in [0.29, 0.717) is 42.5 Å². The number of rotatable bonds is 5. The second kappa shape index (κ2) is 10.2.